The molecule has 140 valence electrons. The van der Waals surface area contributed by atoms with Crippen molar-refractivity contribution < 1.29 is 23.0 Å². The Labute approximate surface area is 152 Å². The number of carbonyl (C=O) groups is 1. The maximum Gasteiger partial charge on any atom is 0.350 e. The molecule has 0 aromatic heterocycles. The van der Waals surface area contributed by atoms with E-state index in [1.54, 1.807) is 52.8 Å². The number of rotatable bonds is 6. The van der Waals surface area contributed by atoms with Gasteiger partial charge in [0.25, 0.3) is 5.92 Å². The summed E-state index contributed by atoms with van der Waals surface area (Å²) in [4.78, 5) is 12.1. The highest BCUT2D eigenvalue weighted by atomic mass is 19.3. The Morgan fingerprint density at radius 2 is 1.58 bits per heavy atom. The molecule has 0 aliphatic carbocycles. The van der Waals surface area contributed by atoms with Gasteiger partial charge >= 0.3 is 5.97 Å². The molecular weight excluding hydrogens is 338 g/mol. The smallest absolute Gasteiger partial charge is 0.350 e. The molecule has 2 aromatic rings. The van der Waals surface area contributed by atoms with Crippen LogP contribution in [0.15, 0.2) is 48.5 Å². The van der Waals surface area contributed by atoms with E-state index in [1.807, 2.05) is 0 Å². The van der Waals surface area contributed by atoms with Crippen molar-refractivity contribution in [1.82, 2.24) is 0 Å². The first-order valence-electron chi connectivity index (χ1n) is 8.48. The molecule has 0 heterocycles. The summed E-state index contributed by atoms with van der Waals surface area (Å²) in [5, 5.41) is 0. The Morgan fingerprint density at radius 3 is 2.12 bits per heavy atom. The fraction of sp³-hybridized carbons (Fsp3) is 0.381. The normalized spacial score (nSPS) is 12.2. The number of benzene rings is 2. The second kappa shape index (κ2) is 7.44. The lowest BCUT2D eigenvalue weighted by molar-refractivity contribution is -0.163. The van der Waals surface area contributed by atoms with E-state index in [9.17, 15) is 13.6 Å². The largest absolute Gasteiger partial charge is 0.476 e. The summed E-state index contributed by atoms with van der Waals surface area (Å²) < 4.78 is 40.3. The summed E-state index contributed by atoms with van der Waals surface area (Å²) in [6.07, 6.45) is -0.263. The van der Waals surface area contributed by atoms with Crippen LogP contribution >= 0.6 is 0 Å². The minimum atomic E-state index is -3.12. The SMILES string of the molecule is Cc1ccccc1C(F)(F)c1ccc(OC(C)(C)C(=O)OC(C)C)cc1. The lowest BCUT2D eigenvalue weighted by Crippen LogP contribution is -2.40. The fourth-order valence-corrected chi connectivity index (χ4v) is 2.51. The molecule has 2 aromatic carbocycles. The van der Waals surface area contributed by atoms with E-state index in [2.05, 4.69) is 0 Å². The number of halogens is 2. The van der Waals surface area contributed by atoms with Crippen molar-refractivity contribution in [1.29, 1.82) is 0 Å². The molecule has 0 fully saturated rings. The van der Waals surface area contributed by atoms with Gasteiger partial charge in [-0.1, -0.05) is 24.3 Å². The number of esters is 1. The van der Waals surface area contributed by atoms with Gasteiger partial charge in [0.1, 0.15) is 5.75 Å². The molecule has 0 aliphatic heterocycles. The van der Waals surface area contributed by atoms with Crippen molar-refractivity contribution in [3.8, 4) is 5.75 Å². The van der Waals surface area contributed by atoms with Crippen LogP contribution in [0, 0.1) is 6.92 Å². The summed E-state index contributed by atoms with van der Waals surface area (Å²) >= 11 is 0. The van der Waals surface area contributed by atoms with Crippen molar-refractivity contribution in [3.63, 3.8) is 0 Å². The van der Waals surface area contributed by atoms with Gasteiger partial charge in [-0.05, 0) is 64.4 Å². The van der Waals surface area contributed by atoms with Crippen molar-refractivity contribution in [2.75, 3.05) is 0 Å². The van der Waals surface area contributed by atoms with Crippen LogP contribution in [0.25, 0.3) is 0 Å². The van der Waals surface area contributed by atoms with Crippen molar-refractivity contribution in [2.24, 2.45) is 0 Å². The number of hydrogen-bond donors (Lipinski definition) is 0. The molecule has 0 bridgehead atoms. The molecule has 0 radical (unpaired) electrons. The van der Waals surface area contributed by atoms with Gasteiger partial charge in [-0.2, -0.15) is 8.78 Å². The summed E-state index contributed by atoms with van der Waals surface area (Å²) in [5.74, 6) is -3.31. The van der Waals surface area contributed by atoms with E-state index in [1.165, 1.54) is 30.3 Å². The Morgan fingerprint density at radius 1 is 1.00 bits per heavy atom. The molecule has 5 heteroatoms. The maximum atomic E-state index is 14.8. The molecule has 0 spiro atoms. The first-order valence-corrected chi connectivity index (χ1v) is 8.48. The number of aryl methyl sites for hydroxylation is 1. The van der Waals surface area contributed by atoms with Crippen molar-refractivity contribution in [2.45, 2.75) is 52.2 Å². The highest BCUT2D eigenvalue weighted by molar-refractivity contribution is 5.79. The predicted octanol–water partition coefficient (Wildman–Crippen LogP) is 5.24. The highest BCUT2D eigenvalue weighted by Gasteiger charge is 2.36. The molecule has 0 saturated carbocycles. The predicted molar refractivity (Wildman–Crippen MR) is 96.6 cm³/mol. The van der Waals surface area contributed by atoms with Crippen LogP contribution in [0.5, 0.6) is 5.75 Å². The van der Waals surface area contributed by atoms with Gasteiger partial charge in [0.05, 0.1) is 6.10 Å². The number of carbonyl (C=O) groups excluding carboxylic acids is 1. The third kappa shape index (κ3) is 4.40. The van der Waals surface area contributed by atoms with Crippen LogP contribution < -0.4 is 4.74 Å². The maximum absolute atomic E-state index is 14.8. The van der Waals surface area contributed by atoms with Crippen LogP contribution in [0.2, 0.25) is 0 Å². The van der Waals surface area contributed by atoms with Gasteiger partial charge in [-0.15, -0.1) is 0 Å². The zero-order valence-electron chi connectivity index (χ0n) is 15.7. The number of hydrogen-bond acceptors (Lipinski definition) is 3. The Balaban J connectivity index is 2.20. The van der Waals surface area contributed by atoms with E-state index in [4.69, 9.17) is 9.47 Å². The molecular formula is C21H24F2O3. The first kappa shape index (κ1) is 19.9. The van der Waals surface area contributed by atoms with Crippen LogP contribution in [-0.2, 0) is 15.5 Å². The Kier molecular flexibility index (Phi) is 5.69. The van der Waals surface area contributed by atoms with Gasteiger partial charge in [0, 0.05) is 11.1 Å². The number of alkyl halides is 2. The van der Waals surface area contributed by atoms with Gasteiger partial charge in [0.2, 0.25) is 0 Å². The third-order valence-electron chi connectivity index (χ3n) is 3.91. The molecule has 0 atom stereocenters. The topological polar surface area (TPSA) is 35.5 Å². The van der Waals surface area contributed by atoms with Crippen molar-refractivity contribution in [3.05, 3.63) is 65.2 Å². The third-order valence-corrected chi connectivity index (χ3v) is 3.91. The van der Waals surface area contributed by atoms with Gasteiger partial charge in [-0.3, -0.25) is 0 Å². The molecule has 26 heavy (non-hydrogen) atoms. The summed E-state index contributed by atoms with van der Waals surface area (Å²) in [6.45, 7) is 8.30. The quantitative estimate of drug-likeness (QED) is 0.659. The minimum absolute atomic E-state index is 0.0329. The van der Waals surface area contributed by atoms with Gasteiger partial charge in [0.15, 0.2) is 5.60 Å². The molecule has 0 aliphatic rings. The summed E-state index contributed by atoms with van der Waals surface area (Å²) in [7, 11) is 0. The molecule has 0 unspecified atom stereocenters. The average Bonchev–Trinajstić information content (AvgIpc) is 2.54. The second-order valence-corrected chi connectivity index (χ2v) is 6.98. The van der Waals surface area contributed by atoms with E-state index in [0.717, 1.165) is 0 Å². The monoisotopic (exact) mass is 362 g/mol. The fourth-order valence-electron chi connectivity index (χ4n) is 2.51. The Bertz CT molecular complexity index is 765. The van der Waals surface area contributed by atoms with Crippen LogP contribution in [0.1, 0.15) is 44.4 Å². The first-order chi connectivity index (χ1) is 12.0. The lowest BCUT2D eigenvalue weighted by Gasteiger charge is -2.26. The highest BCUT2D eigenvalue weighted by Crippen LogP contribution is 2.38. The number of ether oxygens (including phenoxy) is 2. The van der Waals surface area contributed by atoms with E-state index in [-0.39, 0.29) is 17.2 Å². The molecule has 2 rings (SSSR count). The Hall–Kier alpha value is -2.43. The molecule has 0 amide bonds. The lowest BCUT2D eigenvalue weighted by atomic mass is 9.96. The van der Waals surface area contributed by atoms with E-state index >= 15 is 0 Å². The minimum Gasteiger partial charge on any atom is -0.476 e. The van der Waals surface area contributed by atoms with E-state index < -0.39 is 17.5 Å². The van der Waals surface area contributed by atoms with Gasteiger partial charge < -0.3 is 9.47 Å². The average molecular weight is 362 g/mol. The molecule has 0 saturated heterocycles. The molecule has 0 N–H and O–H groups in total. The van der Waals surface area contributed by atoms with Crippen LogP contribution in [0.3, 0.4) is 0 Å². The van der Waals surface area contributed by atoms with E-state index in [0.29, 0.717) is 11.3 Å². The van der Waals surface area contributed by atoms with Crippen LogP contribution in [-0.4, -0.2) is 17.7 Å². The standard InChI is InChI=1S/C21H24F2O3/c1-14(2)25-19(24)20(4,5)26-17-12-10-16(11-13-17)21(22,23)18-9-7-6-8-15(18)3/h6-14H,1-5H3. The van der Waals surface area contributed by atoms with Crippen LogP contribution in [0.4, 0.5) is 8.78 Å². The zero-order chi connectivity index (χ0) is 19.5. The zero-order valence-corrected chi connectivity index (χ0v) is 15.7. The molecule has 3 nitrogen and oxygen atoms in total. The summed E-state index contributed by atoms with van der Waals surface area (Å²) in [5.41, 5.74) is -0.865. The summed E-state index contributed by atoms with van der Waals surface area (Å²) in [6, 6.07) is 11.9. The van der Waals surface area contributed by atoms with Crippen molar-refractivity contribution >= 4 is 5.97 Å². The van der Waals surface area contributed by atoms with Gasteiger partial charge in [-0.25, -0.2) is 4.79 Å². The second-order valence-electron chi connectivity index (χ2n) is 6.98.